The van der Waals surface area contributed by atoms with Crippen LogP contribution in [0.3, 0.4) is 0 Å². The molecule has 27 heavy (non-hydrogen) atoms. The summed E-state index contributed by atoms with van der Waals surface area (Å²) in [5, 5.41) is 2.79. The highest BCUT2D eigenvalue weighted by molar-refractivity contribution is 7.88. The summed E-state index contributed by atoms with van der Waals surface area (Å²) >= 11 is 0. The Morgan fingerprint density at radius 1 is 1.11 bits per heavy atom. The molecule has 1 aliphatic rings. The van der Waals surface area contributed by atoms with E-state index in [1.54, 1.807) is 6.92 Å². The van der Waals surface area contributed by atoms with Crippen LogP contribution in [0.25, 0.3) is 0 Å². The molecule has 3 rings (SSSR count). The van der Waals surface area contributed by atoms with Crippen molar-refractivity contribution in [3.8, 4) is 0 Å². The van der Waals surface area contributed by atoms with Crippen LogP contribution in [0.4, 0.5) is 4.39 Å². The average Bonchev–Trinajstić information content (AvgIpc) is 2.65. The number of amides is 1. The SMILES string of the molecule is C[C@@H](NC(=O)C1=CC(c2ccc(F)cc2)=NS(=O)(=O)N1C)c1ccccc1. The van der Waals surface area contributed by atoms with Crippen LogP contribution >= 0.6 is 0 Å². The minimum atomic E-state index is -4.07. The fourth-order valence-electron chi connectivity index (χ4n) is 2.62. The molecule has 0 fully saturated rings. The third-order valence-electron chi connectivity index (χ3n) is 4.19. The molecule has 2 aromatic rings. The van der Waals surface area contributed by atoms with Gasteiger partial charge in [0.25, 0.3) is 5.91 Å². The molecule has 0 unspecified atom stereocenters. The third-order valence-corrected chi connectivity index (χ3v) is 5.51. The lowest BCUT2D eigenvalue weighted by Gasteiger charge is -2.25. The Labute approximate surface area is 157 Å². The number of hydrogen-bond acceptors (Lipinski definition) is 3. The number of likely N-dealkylation sites (N-methyl/N-ethyl adjacent to an activating group) is 1. The largest absolute Gasteiger partial charge is 0.345 e. The fraction of sp³-hybridized carbons (Fsp3) is 0.158. The molecule has 1 heterocycles. The predicted octanol–water partition coefficient (Wildman–Crippen LogP) is 2.57. The van der Waals surface area contributed by atoms with Gasteiger partial charge in [0.2, 0.25) is 0 Å². The van der Waals surface area contributed by atoms with Gasteiger partial charge >= 0.3 is 10.2 Å². The van der Waals surface area contributed by atoms with Gasteiger partial charge in [-0.1, -0.05) is 30.3 Å². The highest BCUT2D eigenvalue weighted by atomic mass is 32.2. The van der Waals surface area contributed by atoms with Crippen LogP contribution in [0.1, 0.15) is 24.1 Å². The van der Waals surface area contributed by atoms with Gasteiger partial charge < -0.3 is 5.32 Å². The number of rotatable bonds is 4. The van der Waals surface area contributed by atoms with E-state index >= 15 is 0 Å². The van der Waals surface area contributed by atoms with Crippen molar-refractivity contribution in [3.05, 3.63) is 83.3 Å². The number of nitrogens with one attached hydrogen (secondary N) is 1. The smallest absolute Gasteiger partial charge is 0.344 e. The Bertz CT molecular complexity index is 1020. The third kappa shape index (κ3) is 4.06. The van der Waals surface area contributed by atoms with E-state index in [1.165, 1.54) is 37.4 Å². The number of carbonyl (C=O) groups is 1. The van der Waals surface area contributed by atoms with Gasteiger partial charge in [0.05, 0.1) is 11.8 Å². The maximum Gasteiger partial charge on any atom is 0.345 e. The Morgan fingerprint density at radius 3 is 2.37 bits per heavy atom. The standard InChI is InChI=1S/C19H18FN3O3S/c1-13(14-6-4-3-5-7-14)21-19(24)18-12-17(22-27(25,26)23(18)2)15-8-10-16(20)11-9-15/h3-13H,1-2H3,(H,21,24)/t13-/m1/s1. The van der Waals surface area contributed by atoms with E-state index in [0.717, 1.165) is 9.87 Å². The molecule has 1 atom stereocenters. The van der Waals surface area contributed by atoms with Crippen LogP contribution < -0.4 is 5.32 Å². The maximum atomic E-state index is 13.1. The Balaban J connectivity index is 1.91. The second kappa shape index (κ2) is 7.32. The van der Waals surface area contributed by atoms with E-state index in [4.69, 9.17) is 0 Å². The lowest BCUT2D eigenvalue weighted by atomic mass is 10.1. The summed E-state index contributed by atoms with van der Waals surface area (Å²) in [4.78, 5) is 12.7. The summed E-state index contributed by atoms with van der Waals surface area (Å²) in [7, 11) is -2.80. The molecule has 6 nitrogen and oxygen atoms in total. The minimum Gasteiger partial charge on any atom is -0.344 e. The zero-order chi connectivity index (χ0) is 19.6. The average molecular weight is 387 g/mol. The van der Waals surface area contributed by atoms with Crippen LogP contribution in [0.2, 0.25) is 0 Å². The van der Waals surface area contributed by atoms with Gasteiger partial charge in [0.1, 0.15) is 11.5 Å². The first kappa shape index (κ1) is 18.8. The van der Waals surface area contributed by atoms with Crippen molar-refractivity contribution in [2.75, 3.05) is 7.05 Å². The van der Waals surface area contributed by atoms with Crippen molar-refractivity contribution in [1.29, 1.82) is 0 Å². The highest BCUT2D eigenvalue weighted by Crippen LogP contribution is 2.21. The van der Waals surface area contributed by atoms with Gasteiger partial charge in [0, 0.05) is 12.6 Å². The lowest BCUT2D eigenvalue weighted by molar-refractivity contribution is -0.119. The van der Waals surface area contributed by atoms with E-state index < -0.39 is 21.9 Å². The molecule has 0 saturated carbocycles. The molecular formula is C19H18FN3O3S. The molecule has 8 heteroatoms. The lowest BCUT2D eigenvalue weighted by Crippen LogP contribution is -2.39. The Hall–Kier alpha value is -3.00. The second-order valence-corrected chi connectivity index (χ2v) is 7.69. The summed E-state index contributed by atoms with van der Waals surface area (Å²) in [5.74, 6) is -0.999. The number of hydrogen-bond donors (Lipinski definition) is 1. The molecule has 0 aliphatic carbocycles. The number of benzene rings is 2. The molecule has 0 spiro atoms. The predicted molar refractivity (Wildman–Crippen MR) is 101 cm³/mol. The van der Waals surface area contributed by atoms with E-state index in [2.05, 4.69) is 9.71 Å². The van der Waals surface area contributed by atoms with Gasteiger partial charge in [-0.15, -0.1) is 4.40 Å². The molecule has 0 bridgehead atoms. The van der Waals surface area contributed by atoms with Crippen LogP contribution in [-0.2, 0) is 15.0 Å². The van der Waals surface area contributed by atoms with Gasteiger partial charge in [-0.2, -0.15) is 8.42 Å². The van der Waals surface area contributed by atoms with Crippen molar-refractivity contribution in [1.82, 2.24) is 9.62 Å². The van der Waals surface area contributed by atoms with E-state index in [1.807, 2.05) is 30.3 Å². The first-order valence-corrected chi connectivity index (χ1v) is 9.60. The van der Waals surface area contributed by atoms with Gasteiger partial charge in [-0.3, -0.25) is 4.79 Å². The summed E-state index contributed by atoms with van der Waals surface area (Å²) in [6.45, 7) is 1.81. The van der Waals surface area contributed by atoms with Gasteiger partial charge in [-0.05, 0) is 42.8 Å². The van der Waals surface area contributed by atoms with Crippen LogP contribution in [0.5, 0.6) is 0 Å². The quantitative estimate of drug-likeness (QED) is 0.876. The Morgan fingerprint density at radius 2 is 1.74 bits per heavy atom. The van der Waals surface area contributed by atoms with Crippen LogP contribution in [-0.4, -0.2) is 31.4 Å². The van der Waals surface area contributed by atoms with Crippen molar-refractivity contribution < 1.29 is 17.6 Å². The van der Waals surface area contributed by atoms with Crippen molar-refractivity contribution in [2.24, 2.45) is 4.40 Å². The summed E-state index contributed by atoms with van der Waals surface area (Å²) < 4.78 is 42.4. The molecule has 2 aromatic carbocycles. The molecule has 1 N–H and O–H groups in total. The van der Waals surface area contributed by atoms with Crippen LogP contribution in [0, 0.1) is 5.82 Å². The molecule has 1 amide bonds. The van der Waals surface area contributed by atoms with Crippen molar-refractivity contribution in [2.45, 2.75) is 13.0 Å². The summed E-state index contributed by atoms with van der Waals surface area (Å²) in [6, 6.07) is 14.2. The first-order valence-electron chi connectivity index (χ1n) is 8.20. The summed E-state index contributed by atoms with van der Waals surface area (Å²) in [6.07, 6.45) is 1.38. The molecule has 0 aromatic heterocycles. The van der Waals surface area contributed by atoms with E-state index in [0.29, 0.717) is 5.56 Å². The zero-order valence-corrected chi connectivity index (χ0v) is 15.6. The summed E-state index contributed by atoms with van der Waals surface area (Å²) in [5.41, 5.74) is 1.30. The monoisotopic (exact) mass is 387 g/mol. The number of nitrogens with zero attached hydrogens (tertiary/aromatic N) is 2. The maximum absolute atomic E-state index is 13.1. The van der Waals surface area contributed by atoms with Crippen LogP contribution in [0.15, 0.2) is 70.8 Å². The minimum absolute atomic E-state index is 0.0629. The molecule has 0 saturated heterocycles. The Kier molecular flexibility index (Phi) is 5.09. The zero-order valence-electron chi connectivity index (χ0n) is 14.8. The highest BCUT2D eigenvalue weighted by Gasteiger charge is 2.30. The molecule has 140 valence electrons. The van der Waals surface area contributed by atoms with Gasteiger partial charge in [-0.25, -0.2) is 8.70 Å². The van der Waals surface area contributed by atoms with Crippen molar-refractivity contribution >= 4 is 21.8 Å². The van der Waals surface area contributed by atoms with Crippen molar-refractivity contribution in [3.63, 3.8) is 0 Å². The molecule has 1 aliphatic heterocycles. The van der Waals surface area contributed by atoms with E-state index in [9.17, 15) is 17.6 Å². The fourth-order valence-corrected chi connectivity index (χ4v) is 3.53. The second-order valence-electron chi connectivity index (χ2n) is 6.06. The van der Waals surface area contributed by atoms with Gasteiger partial charge in [0.15, 0.2) is 0 Å². The topological polar surface area (TPSA) is 78.8 Å². The number of halogens is 1. The number of carbonyl (C=O) groups excluding carboxylic acids is 1. The molecular weight excluding hydrogens is 369 g/mol. The first-order chi connectivity index (χ1) is 12.8. The molecule has 0 radical (unpaired) electrons. The number of allylic oxidation sites excluding steroid dienone is 1. The normalized spacial score (nSPS) is 16.9. The van der Waals surface area contributed by atoms with E-state index in [-0.39, 0.29) is 17.5 Å².